The number of hydrogen-bond acceptors (Lipinski definition) is 4. The number of carbonyl (C=O) groups excluding carboxylic acids is 2. The maximum absolute atomic E-state index is 13.7. The van der Waals surface area contributed by atoms with Crippen molar-refractivity contribution in [1.29, 1.82) is 0 Å². The highest BCUT2D eigenvalue weighted by Gasteiger charge is 2.59. The van der Waals surface area contributed by atoms with Crippen LogP contribution in [-0.4, -0.2) is 34.6 Å². The van der Waals surface area contributed by atoms with E-state index in [2.05, 4.69) is 0 Å². The third-order valence-corrected chi connectivity index (χ3v) is 5.49. The largest absolute Gasteiger partial charge is 0.367 e. The van der Waals surface area contributed by atoms with Crippen molar-refractivity contribution in [3.8, 4) is 0 Å². The number of hydrogen-bond donors (Lipinski definition) is 2. The van der Waals surface area contributed by atoms with Crippen LogP contribution >= 0.6 is 7.60 Å². The topological polar surface area (TPSA) is 107 Å². The molecular formula is C21H25N2O6P. The highest BCUT2D eigenvalue weighted by molar-refractivity contribution is 7.51. The van der Waals surface area contributed by atoms with Gasteiger partial charge in [0.15, 0.2) is 5.41 Å². The summed E-state index contributed by atoms with van der Waals surface area (Å²) in [6.45, 7) is 1.54. The molecular weight excluding hydrogens is 407 g/mol. The summed E-state index contributed by atoms with van der Waals surface area (Å²) < 4.78 is 16.5. The first-order chi connectivity index (χ1) is 14.3. The zero-order valence-electron chi connectivity index (χ0n) is 16.7. The normalized spacial score (nSPS) is 16.4. The van der Waals surface area contributed by atoms with Crippen LogP contribution in [0.15, 0.2) is 60.7 Å². The molecule has 1 saturated heterocycles. The molecule has 9 heteroatoms. The lowest BCUT2D eigenvalue weighted by molar-refractivity contribution is -0.139. The fourth-order valence-electron chi connectivity index (χ4n) is 3.51. The van der Waals surface area contributed by atoms with Crippen LogP contribution in [0, 0.1) is 5.41 Å². The Hall–Kier alpha value is -2.51. The summed E-state index contributed by atoms with van der Waals surface area (Å²) in [5.41, 5.74) is -0.516. The van der Waals surface area contributed by atoms with Crippen LogP contribution in [0.25, 0.3) is 0 Å². The summed E-state index contributed by atoms with van der Waals surface area (Å²) >= 11 is 0. The summed E-state index contributed by atoms with van der Waals surface area (Å²) in [7, 11) is -4.44. The Morgan fingerprint density at radius 3 is 1.77 bits per heavy atom. The van der Waals surface area contributed by atoms with Gasteiger partial charge < -0.3 is 14.5 Å². The van der Waals surface area contributed by atoms with Gasteiger partial charge in [-0.15, -0.1) is 0 Å². The first-order valence-corrected chi connectivity index (χ1v) is 11.5. The molecule has 1 heterocycles. The number of hydrazine groups is 1. The fraction of sp³-hybridized carbons (Fsp3) is 0.333. The van der Waals surface area contributed by atoms with Gasteiger partial charge in [0.05, 0.1) is 18.0 Å². The number of nitrogens with zero attached hydrogens (tertiary/aromatic N) is 2. The molecule has 2 aromatic rings. The van der Waals surface area contributed by atoms with Gasteiger partial charge in [-0.05, 0) is 30.7 Å². The van der Waals surface area contributed by atoms with E-state index in [0.717, 1.165) is 6.42 Å². The molecule has 0 radical (unpaired) electrons. The molecule has 1 aliphatic rings. The molecule has 3 rings (SSSR count). The first-order valence-electron chi connectivity index (χ1n) is 9.71. The highest BCUT2D eigenvalue weighted by Crippen LogP contribution is 2.43. The third-order valence-electron chi connectivity index (χ3n) is 4.97. The third kappa shape index (κ3) is 4.47. The molecule has 0 unspecified atom stereocenters. The van der Waals surface area contributed by atoms with Crippen molar-refractivity contribution in [3.63, 3.8) is 0 Å². The van der Waals surface area contributed by atoms with Gasteiger partial charge in [0.25, 0.3) is 11.8 Å². The monoisotopic (exact) mass is 432 g/mol. The predicted octanol–water partition coefficient (Wildman–Crippen LogP) is 3.31. The van der Waals surface area contributed by atoms with Crippen LogP contribution in [0.4, 0.5) is 11.4 Å². The molecule has 0 aliphatic carbocycles. The summed E-state index contributed by atoms with van der Waals surface area (Å²) in [6.07, 6.45) is 0.701. The minimum absolute atomic E-state index is 0.217. The summed E-state index contributed by atoms with van der Waals surface area (Å²) in [4.78, 5) is 45.6. The molecule has 2 N–H and O–H groups in total. The van der Waals surface area contributed by atoms with Crippen LogP contribution in [-0.2, 0) is 18.9 Å². The van der Waals surface area contributed by atoms with Gasteiger partial charge in [-0.3, -0.25) is 14.2 Å². The van der Waals surface area contributed by atoms with Crippen molar-refractivity contribution in [3.05, 3.63) is 60.7 Å². The molecule has 0 aromatic heterocycles. The van der Waals surface area contributed by atoms with Gasteiger partial charge in [-0.25, -0.2) is 10.0 Å². The number of ether oxygens (including phenoxy) is 1. The maximum Gasteiger partial charge on any atom is 0.350 e. The number of para-hydroxylation sites is 2. The average molecular weight is 432 g/mol. The van der Waals surface area contributed by atoms with E-state index in [1.165, 1.54) is 10.0 Å². The van der Waals surface area contributed by atoms with Crippen molar-refractivity contribution in [2.24, 2.45) is 5.41 Å². The molecule has 1 fully saturated rings. The molecule has 0 bridgehead atoms. The molecule has 30 heavy (non-hydrogen) atoms. The second kappa shape index (κ2) is 9.10. The maximum atomic E-state index is 13.7. The second-order valence-corrected chi connectivity index (χ2v) is 8.82. The molecule has 0 saturated carbocycles. The van der Waals surface area contributed by atoms with Crippen LogP contribution in [0.3, 0.4) is 0 Å². The minimum Gasteiger partial charge on any atom is -0.367 e. The van der Waals surface area contributed by atoms with E-state index in [1.807, 2.05) is 19.1 Å². The van der Waals surface area contributed by atoms with Crippen molar-refractivity contribution in [2.45, 2.75) is 26.2 Å². The van der Waals surface area contributed by atoms with Gasteiger partial charge in [-0.1, -0.05) is 56.2 Å². The van der Waals surface area contributed by atoms with Crippen LogP contribution in [0.2, 0.25) is 0 Å². The standard InChI is InChI=1S/C21H25N2O6P/c1-2-3-14-21(15-29-16-30(26,27)28)19(24)22(17-10-6-4-7-11-17)23(20(21)25)18-12-8-5-9-13-18/h4-13H,2-3,14-16H2,1H3,(H2,26,27,28). The Morgan fingerprint density at radius 2 is 1.37 bits per heavy atom. The quantitative estimate of drug-likeness (QED) is 0.465. The van der Waals surface area contributed by atoms with E-state index < -0.39 is 37.8 Å². The molecule has 160 valence electrons. The smallest absolute Gasteiger partial charge is 0.350 e. The number of unbranched alkanes of at least 4 members (excludes halogenated alkanes) is 1. The van der Waals surface area contributed by atoms with E-state index in [1.54, 1.807) is 48.5 Å². The van der Waals surface area contributed by atoms with Crippen LogP contribution < -0.4 is 10.0 Å². The van der Waals surface area contributed by atoms with E-state index in [9.17, 15) is 14.2 Å². The lowest BCUT2D eigenvalue weighted by Crippen LogP contribution is -2.41. The highest BCUT2D eigenvalue weighted by atomic mass is 31.2. The van der Waals surface area contributed by atoms with Crippen molar-refractivity contribution in [2.75, 3.05) is 23.0 Å². The fourth-order valence-corrected chi connectivity index (χ4v) is 3.84. The number of anilines is 2. The van der Waals surface area contributed by atoms with Crippen molar-refractivity contribution in [1.82, 2.24) is 0 Å². The van der Waals surface area contributed by atoms with Crippen LogP contribution in [0.1, 0.15) is 26.2 Å². The Morgan fingerprint density at radius 1 is 0.900 bits per heavy atom. The van der Waals surface area contributed by atoms with Crippen molar-refractivity contribution >= 4 is 30.8 Å². The molecule has 8 nitrogen and oxygen atoms in total. The summed E-state index contributed by atoms with van der Waals surface area (Å²) in [5, 5.41) is 2.66. The Balaban J connectivity index is 2.06. The first kappa shape index (κ1) is 22.2. The molecule has 2 amide bonds. The lowest BCUT2D eigenvalue weighted by atomic mass is 9.82. The Labute approximate surface area is 175 Å². The predicted molar refractivity (Wildman–Crippen MR) is 113 cm³/mol. The number of amides is 2. The lowest BCUT2D eigenvalue weighted by Gasteiger charge is -2.27. The van der Waals surface area contributed by atoms with E-state index in [-0.39, 0.29) is 6.42 Å². The SMILES string of the molecule is CCCCC1(COCP(=O)(O)O)C(=O)N(c2ccccc2)N(c2ccccc2)C1=O. The molecule has 0 atom stereocenters. The Bertz CT molecular complexity index is 874. The van der Waals surface area contributed by atoms with Gasteiger partial charge in [0.1, 0.15) is 6.35 Å². The Kier molecular flexibility index (Phi) is 6.73. The van der Waals surface area contributed by atoms with Gasteiger partial charge in [0.2, 0.25) is 0 Å². The van der Waals surface area contributed by atoms with E-state index in [4.69, 9.17) is 14.5 Å². The minimum atomic E-state index is -4.44. The zero-order valence-corrected chi connectivity index (χ0v) is 17.6. The number of rotatable bonds is 9. The molecule has 2 aromatic carbocycles. The van der Waals surface area contributed by atoms with Gasteiger partial charge >= 0.3 is 7.60 Å². The second-order valence-electron chi connectivity index (χ2n) is 7.23. The van der Waals surface area contributed by atoms with E-state index in [0.29, 0.717) is 17.8 Å². The zero-order chi connectivity index (χ0) is 21.8. The molecule has 0 spiro atoms. The summed E-state index contributed by atoms with van der Waals surface area (Å²) in [6, 6.07) is 17.6. The van der Waals surface area contributed by atoms with Crippen molar-refractivity contribution < 1.29 is 28.7 Å². The average Bonchev–Trinajstić information content (AvgIpc) is 2.94. The number of carbonyl (C=O) groups is 2. The number of benzene rings is 2. The van der Waals surface area contributed by atoms with Crippen LogP contribution in [0.5, 0.6) is 0 Å². The molecule has 1 aliphatic heterocycles. The van der Waals surface area contributed by atoms with E-state index >= 15 is 0 Å². The van der Waals surface area contributed by atoms with Gasteiger partial charge in [-0.2, -0.15) is 0 Å². The summed E-state index contributed by atoms with van der Waals surface area (Å²) in [5.74, 6) is -0.941. The van der Waals surface area contributed by atoms with Gasteiger partial charge in [0, 0.05) is 0 Å².